The van der Waals surface area contributed by atoms with Crippen molar-refractivity contribution >= 4 is 9.84 Å². The van der Waals surface area contributed by atoms with Crippen LogP contribution in [0, 0.1) is 0 Å². The lowest BCUT2D eigenvalue weighted by Gasteiger charge is -2.00. The Morgan fingerprint density at radius 1 is 1.14 bits per heavy atom. The molecule has 2 rings (SSSR count). The van der Waals surface area contributed by atoms with E-state index in [0.29, 0.717) is 0 Å². The Bertz CT molecular complexity index is 443. The van der Waals surface area contributed by atoms with Gasteiger partial charge in [-0.3, -0.25) is 0 Å². The predicted molar refractivity (Wildman–Crippen MR) is 56.9 cm³/mol. The Hall–Kier alpha value is -1.09. The molecule has 3 heteroatoms. The Balaban J connectivity index is 2.08. The molecule has 0 bridgehead atoms. The molecule has 1 aliphatic heterocycles. The van der Waals surface area contributed by atoms with E-state index in [1.54, 1.807) is 0 Å². The van der Waals surface area contributed by atoms with Crippen LogP contribution in [-0.2, 0) is 16.3 Å². The Kier molecular flexibility index (Phi) is 2.42. The second kappa shape index (κ2) is 3.58. The Morgan fingerprint density at radius 2 is 1.86 bits per heavy atom. The van der Waals surface area contributed by atoms with Gasteiger partial charge >= 0.3 is 0 Å². The van der Waals surface area contributed by atoms with Gasteiger partial charge in [-0.15, -0.1) is 0 Å². The lowest BCUT2D eigenvalue weighted by molar-refractivity contribution is 0.603. The number of sulfone groups is 1. The largest absolute Gasteiger partial charge is 0.228 e. The quantitative estimate of drug-likeness (QED) is 0.692. The summed E-state index contributed by atoms with van der Waals surface area (Å²) in [5, 5.41) is 0. The van der Waals surface area contributed by atoms with E-state index < -0.39 is 9.84 Å². The van der Waals surface area contributed by atoms with E-state index in [2.05, 4.69) is 0 Å². The van der Waals surface area contributed by atoms with Crippen molar-refractivity contribution in [3.8, 4) is 0 Å². The van der Waals surface area contributed by atoms with Crippen LogP contribution in [0.3, 0.4) is 0 Å². The highest BCUT2D eigenvalue weighted by molar-refractivity contribution is 7.92. The maximum atomic E-state index is 11.2. The molecule has 0 amide bonds. The molecule has 74 valence electrons. The fourth-order valence-corrected chi connectivity index (χ4v) is 3.02. The van der Waals surface area contributed by atoms with E-state index >= 15 is 0 Å². The summed E-state index contributed by atoms with van der Waals surface area (Å²) in [6.07, 6.45) is 2.60. The minimum atomic E-state index is -2.81. The Morgan fingerprint density at radius 3 is 2.43 bits per heavy atom. The lowest BCUT2D eigenvalue weighted by Crippen LogP contribution is -2.03. The number of benzene rings is 1. The van der Waals surface area contributed by atoms with E-state index in [1.807, 2.05) is 36.4 Å². The van der Waals surface area contributed by atoms with E-state index in [-0.39, 0.29) is 11.5 Å². The molecule has 1 aromatic rings. The fourth-order valence-electron chi connectivity index (χ4n) is 1.63. The number of hydrogen-bond donors (Lipinski definition) is 0. The first-order chi connectivity index (χ1) is 6.66. The summed E-state index contributed by atoms with van der Waals surface area (Å²) < 4.78 is 22.4. The van der Waals surface area contributed by atoms with Gasteiger partial charge in [0.2, 0.25) is 0 Å². The summed E-state index contributed by atoms with van der Waals surface area (Å²) in [6, 6.07) is 9.94. The van der Waals surface area contributed by atoms with Crippen LogP contribution in [0.4, 0.5) is 0 Å². The van der Waals surface area contributed by atoms with E-state index in [9.17, 15) is 8.42 Å². The number of rotatable bonds is 2. The van der Waals surface area contributed by atoms with Crippen LogP contribution in [0.2, 0.25) is 0 Å². The zero-order valence-corrected chi connectivity index (χ0v) is 8.63. The molecule has 0 unspecified atom stereocenters. The van der Waals surface area contributed by atoms with Gasteiger partial charge in [0.05, 0.1) is 11.5 Å². The summed E-state index contributed by atoms with van der Waals surface area (Å²) in [6.45, 7) is 0. The molecule has 0 radical (unpaired) electrons. The average Bonchev–Trinajstić information content (AvgIpc) is 2.47. The molecule has 0 aliphatic carbocycles. The van der Waals surface area contributed by atoms with Crippen molar-refractivity contribution in [2.75, 3.05) is 11.5 Å². The zero-order valence-electron chi connectivity index (χ0n) is 7.81. The van der Waals surface area contributed by atoms with Crippen molar-refractivity contribution in [1.82, 2.24) is 0 Å². The molecule has 1 aliphatic rings. The maximum Gasteiger partial charge on any atom is 0.157 e. The third-order valence-corrected chi connectivity index (χ3v) is 3.79. The van der Waals surface area contributed by atoms with Crippen molar-refractivity contribution in [3.05, 3.63) is 47.5 Å². The molecule has 0 saturated carbocycles. The molecule has 0 atom stereocenters. The zero-order chi connectivity index (χ0) is 10.0. The third kappa shape index (κ3) is 2.23. The van der Waals surface area contributed by atoms with Gasteiger partial charge in [-0.05, 0) is 12.0 Å². The smallest absolute Gasteiger partial charge is 0.157 e. The van der Waals surface area contributed by atoms with Gasteiger partial charge in [-0.1, -0.05) is 42.0 Å². The van der Waals surface area contributed by atoms with Crippen molar-refractivity contribution in [3.63, 3.8) is 0 Å². The second-order valence-electron chi connectivity index (χ2n) is 3.58. The topological polar surface area (TPSA) is 34.1 Å². The van der Waals surface area contributed by atoms with Gasteiger partial charge in [0, 0.05) is 0 Å². The average molecular weight is 208 g/mol. The molecule has 0 saturated heterocycles. The third-order valence-electron chi connectivity index (χ3n) is 2.31. The van der Waals surface area contributed by atoms with Crippen LogP contribution in [0.5, 0.6) is 0 Å². The molecule has 2 nitrogen and oxygen atoms in total. The first-order valence-electron chi connectivity index (χ1n) is 4.58. The van der Waals surface area contributed by atoms with Crippen molar-refractivity contribution in [2.24, 2.45) is 0 Å². The summed E-state index contributed by atoms with van der Waals surface area (Å²) in [7, 11) is -2.81. The molecule has 0 spiro atoms. The van der Waals surface area contributed by atoms with Crippen molar-refractivity contribution in [2.45, 2.75) is 6.42 Å². The summed E-state index contributed by atoms with van der Waals surface area (Å²) in [5.41, 5.74) is 2.20. The maximum absolute atomic E-state index is 11.2. The van der Waals surface area contributed by atoms with Gasteiger partial charge in [0.15, 0.2) is 9.84 Å². The van der Waals surface area contributed by atoms with E-state index in [0.717, 1.165) is 12.0 Å². The molecule has 0 aromatic heterocycles. The highest BCUT2D eigenvalue weighted by Gasteiger charge is 2.19. The first kappa shape index (κ1) is 9.46. The monoisotopic (exact) mass is 208 g/mol. The molecule has 0 N–H and O–H groups in total. The summed E-state index contributed by atoms with van der Waals surface area (Å²) in [4.78, 5) is 0. The number of hydrogen-bond acceptors (Lipinski definition) is 2. The van der Waals surface area contributed by atoms with Crippen LogP contribution in [-0.4, -0.2) is 19.9 Å². The van der Waals surface area contributed by atoms with E-state index in [1.165, 1.54) is 5.56 Å². The second-order valence-corrected chi connectivity index (χ2v) is 5.69. The minimum Gasteiger partial charge on any atom is -0.228 e. The van der Waals surface area contributed by atoms with Crippen LogP contribution < -0.4 is 0 Å². The summed E-state index contributed by atoms with van der Waals surface area (Å²) in [5.74, 6) is 0.455. The van der Waals surface area contributed by atoms with Gasteiger partial charge in [0.25, 0.3) is 0 Å². The van der Waals surface area contributed by atoms with Gasteiger partial charge < -0.3 is 0 Å². The molecule has 14 heavy (non-hydrogen) atoms. The highest BCUT2D eigenvalue weighted by atomic mass is 32.2. The SMILES string of the molecule is O=S1(=O)CC=C(Cc2ccccc2)C1. The van der Waals surface area contributed by atoms with Crippen molar-refractivity contribution < 1.29 is 8.42 Å². The van der Waals surface area contributed by atoms with Crippen LogP contribution >= 0.6 is 0 Å². The van der Waals surface area contributed by atoms with Crippen LogP contribution in [0.25, 0.3) is 0 Å². The highest BCUT2D eigenvalue weighted by Crippen LogP contribution is 2.16. The van der Waals surface area contributed by atoms with E-state index in [4.69, 9.17) is 0 Å². The molecular formula is C11H12O2S. The van der Waals surface area contributed by atoms with Gasteiger partial charge in [-0.2, -0.15) is 0 Å². The summed E-state index contributed by atoms with van der Waals surface area (Å²) >= 11 is 0. The first-order valence-corrected chi connectivity index (χ1v) is 6.40. The van der Waals surface area contributed by atoms with Crippen LogP contribution in [0.1, 0.15) is 5.56 Å². The molecule has 0 fully saturated rings. The molecular weight excluding hydrogens is 196 g/mol. The minimum absolute atomic E-state index is 0.217. The van der Waals surface area contributed by atoms with Gasteiger partial charge in [-0.25, -0.2) is 8.42 Å². The van der Waals surface area contributed by atoms with Crippen LogP contribution in [0.15, 0.2) is 42.0 Å². The van der Waals surface area contributed by atoms with Crippen molar-refractivity contribution in [1.29, 1.82) is 0 Å². The predicted octanol–water partition coefficient (Wildman–Crippen LogP) is 1.58. The molecule has 1 aromatic carbocycles. The Labute approximate surface area is 84.2 Å². The molecule has 1 heterocycles. The standard InChI is InChI=1S/C11H12O2S/c12-14(13)7-6-11(9-14)8-10-4-2-1-3-5-10/h1-6H,7-9H2. The fraction of sp³-hybridized carbons (Fsp3) is 0.273. The normalized spacial score (nSPS) is 19.3. The van der Waals surface area contributed by atoms with Gasteiger partial charge in [0.1, 0.15) is 0 Å². The lowest BCUT2D eigenvalue weighted by atomic mass is 10.1.